The van der Waals surface area contributed by atoms with Crippen molar-refractivity contribution >= 4 is 12.1 Å². The Labute approximate surface area is 128 Å². The summed E-state index contributed by atoms with van der Waals surface area (Å²) in [5.74, 6) is -2.19. The van der Waals surface area contributed by atoms with Crippen LogP contribution in [-0.2, 0) is 9.53 Å². The highest BCUT2D eigenvalue weighted by Gasteiger charge is 2.44. The van der Waals surface area contributed by atoms with Crippen LogP contribution in [-0.4, -0.2) is 40.3 Å². The molecule has 1 fully saturated rings. The van der Waals surface area contributed by atoms with E-state index in [1.165, 1.54) is 11.0 Å². The van der Waals surface area contributed by atoms with Gasteiger partial charge in [-0.05, 0) is 38.8 Å². The number of hydrogen-bond acceptors (Lipinski definition) is 3. The van der Waals surface area contributed by atoms with Crippen molar-refractivity contribution in [3.05, 3.63) is 35.6 Å². The van der Waals surface area contributed by atoms with Gasteiger partial charge in [0.05, 0.1) is 0 Å². The van der Waals surface area contributed by atoms with Crippen molar-refractivity contribution < 1.29 is 23.8 Å². The summed E-state index contributed by atoms with van der Waals surface area (Å²) in [5.41, 5.74) is -0.392. The molecule has 2 rings (SSSR count). The fraction of sp³-hybridized carbons (Fsp3) is 0.500. The number of amides is 1. The van der Waals surface area contributed by atoms with E-state index in [2.05, 4.69) is 0 Å². The zero-order valence-electron chi connectivity index (χ0n) is 12.9. The molecule has 0 aliphatic carbocycles. The fourth-order valence-electron chi connectivity index (χ4n) is 2.72. The van der Waals surface area contributed by atoms with Crippen LogP contribution in [0.4, 0.5) is 9.18 Å². The van der Waals surface area contributed by atoms with Crippen LogP contribution >= 0.6 is 0 Å². The number of halogens is 1. The van der Waals surface area contributed by atoms with Crippen LogP contribution in [0, 0.1) is 5.82 Å². The maximum absolute atomic E-state index is 13.9. The Balaban J connectivity index is 2.27. The monoisotopic (exact) mass is 309 g/mol. The van der Waals surface area contributed by atoms with E-state index >= 15 is 0 Å². The largest absolute Gasteiger partial charge is 0.480 e. The normalized spacial score (nSPS) is 21.7. The Morgan fingerprint density at radius 1 is 1.32 bits per heavy atom. The van der Waals surface area contributed by atoms with Gasteiger partial charge in [0.25, 0.3) is 0 Å². The predicted octanol–water partition coefficient (Wildman–Crippen LogP) is 3.00. The Bertz CT molecular complexity index is 582. The molecule has 1 aliphatic rings. The molecule has 0 aromatic heterocycles. The quantitative estimate of drug-likeness (QED) is 0.912. The fourth-order valence-corrected chi connectivity index (χ4v) is 2.72. The Hall–Kier alpha value is -2.11. The molecule has 1 saturated heterocycles. The number of carbonyl (C=O) groups is 2. The zero-order valence-corrected chi connectivity index (χ0v) is 12.9. The first-order chi connectivity index (χ1) is 10.2. The first-order valence-corrected chi connectivity index (χ1v) is 7.17. The van der Waals surface area contributed by atoms with Gasteiger partial charge in [0.2, 0.25) is 0 Å². The molecule has 2 atom stereocenters. The van der Waals surface area contributed by atoms with Crippen molar-refractivity contribution in [2.75, 3.05) is 6.54 Å². The number of likely N-dealkylation sites (tertiary alicyclic amines) is 1. The van der Waals surface area contributed by atoms with Crippen molar-refractivity contribution in [3.63, 3.8) is 0 Å². The third-order valence-corrected chi connectivity index (χ3v) is 3.58. The summed E-state index contributed by atoms with van der Waals surface area (Å²) in [4.78, 5) is 25.0. The zero-order chi connectivity index (χ0) is 16.5. The van der Waals surface area contributed by atoms with Crippen molar-refractivity contribution in [2.45, 2.75) is 44.8 Å². The summed E-state index contributed by atoms with van der Waals surface area (Å²) in [6, 6.07) is 4.95. The smallest absolute Gasteiger partial charge is 0.411 e. The van der Waals surface area contributed by atoms with Crippen molar-refractivity contribution in [1.29, 1.82) is 0 Å². The Morgan fingerprint density at radius 2 is 1.95 bits per heavy atom. The molecular weight excluding hydrogens is 289 g/mol. The number of nitrogens with zero attached hydrogens (tertiary/aromatic N) is 1. The number of carboxylic acids is 1. The molecule has 120 valence electrons. The lowest BCUT2D eigenvalue weighted by molar-refractivity contribution is -0.142. The molecule has 0 spiro atoms. The topological polar surface area (TPSA) is 66.8 Å². The SMILES string of the molecule is CC(C)(C)OC(=O)N1CC[C@H](c2ccccc2F)C1C(=O)O. The van der Waals surface area contributed by atoms with Gasteiger partial charge in [-0.1, -0.05) is 18.2 Å². The lowest BCUT2D eigenvalue weighted by atomic mass is 9.91. The minimum Gasteiger partial charge on any atom is -0.480 e. The average Bonchev–Trinajstić information content (AvgIpc) is 2.82. The van der Waals surface area contributed by atoms with Gasteiger partial charge in [-0.3, -0.25) is 4.90 Å². The number of carboxylic acid groups (broad SMARTS) is 1. The predicted molar refractivity (Wildman–Crippen MR) is 78.1 cm³/mol. The third kappa shape index (κ3) is 3.37. The van der Waals surface area contributed by atoms with Gasteiger partial charge in [-0.15, -0.1) is 0 Å². The summed E-state index contributed by atoms with van der Waals surface area (Å²) >= 11 is 0. The van der Waals surface area contributed by atoms with Crippen LogP contribution in [0.3, 0.4) is 0 Å². The molecule has 1 N–H and O–H groups in total. The molecule has 5 nitrogen and oxygen atoms in total. The van der Waals surface area contributed by atoms with Crippen molar-refractivity contribution in [2.24, 2.45) is 0 Å². The highest BCUT2D eigenvalue weighted by atomic mass is 19.1. The second kappa shape index (κ2) is 5.94. The minimum atomic E-state index is -1.16. The second-order valence-electron chi connectivity index (χ2n) is 6.37. The van der Waals surface area contributed by atoms with E-state index < -0.39 is 35.4 Å². The van der Waals surface area contributed by atoms with Crippen LogP contribution < -0.4 is 0 Å². The van der Waals surface area contributed by atoms with E-state index in [9.17, 15) is 19.1 Å². The maximum Gasteiger partial charge on any atom is 0.411 e. The summed E-state index contributed by atoms with van der Waals surface area (Å²) < 4.78 is 19.2. The summed E-state index contributed by atoms with van der Waals surface area (Å²) in [6.45, 7) is 5.37. The minimum absolute atomic E-state index is 0.227. The van der Waals surface area contributed by atoms with E-state index in [0.717, 1.165) is 0 Å². The number of rotatable bonds is 2. The van der Waals surface area contributed by atoms with Crippen LogP contribution in [0.2, 0.25) is 0 Å². The highest BCUT2D eigenvalue weighted by molar-refractivity contribution is 5.82. The molecule has 6 heteroatoms. The molecule has 1 aromatic carbocycles. The number of benzene rings is 1. The van der Waals surface area contributed by atoms with Gasteiger partial charge >= 0.3 is 12.1 Å². The number of aliphatic carboxylic acids is 1. The van der Waals surface area contributed by atoms with E-state index in [0.29, 0.717) is 12.0 Å². The third-order valence-electron chi connectivity index (χ3n) is 3.58. The summed E-state index contributed by atoms with van der Waals surface area (Å²) in [6.07, 6.45) is -0.296. The van der Waals surface area contributed by atoms with Crippen molar-refractivity contribution in [1.82, 2.24) is 4.90 Å². The summed E-state index contributed by atoms with van der Waals surface area (Å²) in [7, 11) is 0. The summed E-state index contributed by atoms with van der Waals surface area (Å²) in [5, 5.41) is 9.48. The van der Waals surface area contributed by atoms with Gasteiger partial charge in [-0.2, -0.15) is 0 Å². The van der Waals surface area contributed by atoms with Crippen LogP contribution in [0.25, 0.3) is 0 Å². The van der Waals surface area contributed by atoms with Crippen LogP contribution in [0.5, 0.6) is 0 Å². The van der Waals surface area contributed by atoms with Gasteiger partial charge in [0.1, 0.15) is 17.5 Å². The maximum atomic E-state index is 13.9. The van der Waals surface area contributed by atoms with E-state index in [1.807, 2.05) is 0 Å². The first kappa shape index (κ1) is 16.3. The molecule has 1 aliphatic heterocycles. The number of hydrogen-bond donors (Lipinski definition) is 1. The van der Waals surface area contributed by atoms with Gasteiger partial charge < -0.3 is 9.84 Å². The Morgan fingerprint density at radius 3 is 2.50 bits per heavy atom. The average molecular weight is 309 g/mol. The lowest BCUT2D eigenvalue weighted by Crippen LogP contribution is -2.45. The van der Waals surface area contributed by atoms with Gasteiger partial charge in [-0.25, -0.2) is 14.0 Å². The van der Waals surface area contributed by atoms with Crippen molar-refractivity contribution in [3.8, 4) is 0 Å². The first-order valence-electron chi connectivity index (χ1n) is 7.17. The van der Waals surface area contributed by atoms with E-state index in [1.54, 1.807) is 39.0 Å². The van der Waals surface area contributed by atoms with Crippen LogP contribution in [0.1, 0.15) is 38.7 Å². The second-order valence-corrected chi connectivity index (χ2v) is 6.37. The molecule has 1 heterocycles. The van der Waals surface area contributed by atoms with Crippen LogP contribution in [0.15, 0.2) is 24.3 Å². The Kier molecular flexibility index (Phi) is 4.39. The molecular formula is C16H20FNO4. The lowest BCUT2D eigenvalue weighted by Gasteiger charge is -2.28. The van der Waals surface area contributed by atoms with E-state index in [-0.39, 0.29) is 6.54 Å². The molecule has 1 aromatic rings. The van der Waals surface area contributed by atoms with Gasteiger partial charge in [0.15, 0.2) is 0 Å². The van der Waals surface area contributed by atoms with E-state index in [4.69, 9.17) is 4.74 Å². The standard InChI is InChI=1S/C16H20FNO4/c1-16(2,3)22-15(21)18-9-8-11(13(18)14(19)20)10-6-4-5-7-12(10)17/h4-7,11,13H,8-9H2,1-3H3,(H,19,20)/t11-,13?/m1/s1. The molecule has 0 bridgehead atoms. The van der Waals surface area contributed by atoms with Gasteiger partial charge in [0, 0.05) is 12.5 Å². The molecule has 0 radical (unpaired) electrons. The molecule has 1 unspecified atom stereocenters. The number of carbonyl (C=O) groups excluding carboxylic acids is 1. The highest BCUT2D eigenvalue weighted by Crippen LogP contribution is 2.35. The molecule has 0 saturated carbocycles. The molecule has 22 heavy (non-hydrogen) atoms. The molecule has 1 amide bonds. The number of ether oxygens (including phenoxy) is 1.